The molecule has 10 aromatic rings. The van der Waals surface area contributed by atoms with E-state index in [1.807, 2.05) is 96.9 Å². The van der Waals surface area contributed by atoms with Crippen LogP contribution in [0.5, 0.6) is 0 Å². The first-order valence-corrected chi connectivity index (χ1v) is 45.0. The minimum atomic E-state index is 0.419. The van der Waals surface area contributed by atoms with Crippen molar-refractivity contribution in [2.75, 3.05) is 0 Å². The SMILES string of the molecule is Cc1nc(C(C)C)c(C)c(C)c1C.Cc1nc(C(C)C)nc(C)c1C.Cc1nc(C)c(C(C)C)c(C)c1C.Cc1nc(C)c(C(C)C)c(C)n1.Cc1nc(C)c(C(C)C)nc1C.Cc1nc(C)c(C(C)C)nc1C.Cc1nc(C)c(C)c(C(C)C)c1C.Cc1nc(C)c(C)c(C(C)C)n1.Cc1nnc(C(C)C)c(C)c1C.Cc1nnc(C)c(C(C)C)c1C. The summed E-state index contributed by atoms with van der Waals surface area (Å²) < 4.78 is 0. The highest BCUT2D eigenvalue weighted by Gasteiger charge is 2.19. The topological polar surface area (TPSA) is 219 Å². The molecular formula is C106H169N17. The molecule has 17 nitrogen and oxygen atoms in total. The first-order chi connectivity index (χ1) is 56.5. The standard InChI is InChI=1S/3C12H19N.7C10H16N2/c1-7(2)12-8(3)10(5)13-11(6)9(12)4;1-7(2)12-9(4)8(3)10(5)13-11(12)6;1-7(2)12-10(5)8(3)9(4)11(6)13-12;1-6(2)10-7(3)11-9(5)12-8(10)4;2*1-6(2)10-9(5)11-7(3)8(4)12-10;1-6(2)10-7(3)8(4)11-9(5)12-10;1-6(2)10-7(3)8(4)11-12-9(10)5;1-6(2)10-11-8(4)7(3)9(5)12-10;1-6(2)10-8(4)7(3)9(5)11-12-10/h3*7H,1-6H3;7*6H,1-5H3. The second kappa shape index (κ2) is 50.8. The lowest BCUT2D eigenvalue weighted by Gasteiger charge is -2.16. The van der Waals surface area contributed by atoms with Crippen LogP contribution < -0.4 is 0 Å². The largest absolute Gasteiger partial charge is 0.258 e. The predicted molar refractivity (Wildman–Crippen MR) is 524 cm³/mol. The Balaban J connectivity index is 0.000000683. The number of nitrogens with zero attached hydrogens (tertiary/aromatic N) is 17. The second-order valence-electron chi connectivity index (χ2n) is 37.1. The fourth-order valence-corrected chi connectivity index (χ4v) is 15.2. The second-order valence-corrected chi connectivity index (χ2v) is 37.1. The fourth-order valence-electron chi connectivity index (χ4n) is 15.2. The van der Waals surface area contributed by atoms with Crippen molar-refractivity contribution in [2.24, 2.45) is 0 Å². The monoisotopic (exact) mass is 1680 g/mol. The van der Waals surface area contributed by atoms with Crippen LogP contribution in [0.4, 0.5) is 0 Å². The van der Waals surface area contributed by atoms with Crippen LogP contribution in [-0.4, -0.2) is 85.2 Å². The lowest BCUT2D eigenvalue weighted by Crippen LogP contribution is -2.03. The molecule has 0 saturated carbocycles. The molecule has 0 saturated heterocycles. The van der Waals surface area contributed by atoms with Gasteiger partial charge in [-0.1, -0.05) is 138 Å². The highest BCUT2D eigenvalue weighted by molar-refractivity contribution is 5.43. The van der Waals surface area contributed by atoms with Crippen LogP contribution in [0.25, 0.3) is 0 Å². The van der Waals surface area contributed by atoms with Gasteiger partial charge in [0.2, 0.25) is 0 Å². The molecule has 10 aromatic heterocycles. The number of aryl methyl sites for hydroxylation is 21. The first-order valence-electron chi connectivity index (χ1n) is 45.0. The molecule has 10 heterocycles. The molecule has 0 atom stereocenters. The average Bonchev–Trinajstić information content (AvgIpc) is 0.813. The van der Waals surface area contributed by atoms with Crippen molar-refractivity contribution in [3.8, 4) is 0 Å². The predicted octanol–water partition coefficient (Wildman–Crippen LogP) is 28.0. The van der Waals surface area contributed by atoms with Crippen molar-refractivity contribution in [3.63, 3.8) is 0 Å². The van der Waals surface area contributed by atoms with Crippen molar-refractivity contribution >= 4 is 0 Å². The van der Waals surface area contributed by atoms with Gasteiger partial charge in [0.15, 0.2) is 0 Å². The quantitative estimate of drug-likeness (QED) is 0.124. The van der Waals surface area contributed by atoms with Gasteiger partial charge < -0.3 is 0 Å². The molecule has 678 valence electrons. The van der Waals surface area contributed by atoms with E-state index in [1.54, 1.807) is 0 Å². The van der Waals surface area contributed by atoms with Crippen LogP contribution in [0.2, 0.25) is 0 Å². The third-order valence-electron chi connectivity index (χ3n) is 23.5. The Hall–Kier alpha value is -8.99. The molecule has 0 amide bonds. The molecule has 0 bridgehead atoms. The van der Waals surface area contributed by atoms with E-state index in [9.17, 15) is 0 Å². The zero-order chi connectivity index (χ0) is 95.6. The highest BCUT2D eigenvalue weighted by Crippen LogP contribution is 2.30. The van der Waals surface area contributed by atoms with Gasteiger partial charge in [-0.25, -0.2) is 29.9 Å². The summed E-state index contributed by atoms with van der Waals surface area (Å²) in [6.07, 6.45) is 0. The summed E-state index contributed by atoms with van der Waals surface area (Å²) >= 11 is 0. The summed E-state index contributed by atoms with van der Waals surface area (Å²) in [5.74, 6) is 7.78. The van der Waals surface area contributed by atoms with Crippen LogP contribution in [0.15, 0.2) is 0 Å². The third-order valence-corrected chi connectivity index (χ3v) is 23.5. The minimum Gasteiger partial charge on any atom is -0.258 e. The van der Waals surface area contributed by atoms with Gasteiger partial charge in [0.1, 0.15) is 17.5 Å². The maximum absolute atomic E-state index is 4.63. The van der Waals surface area contributed by atoms with Crippen molar-refractivity contribution in [2.45, 2.75) is 426 Å². The molecule has 0 aliphatic carbocycles. The minimum absolute atomic E-state index is 0.419. The van der Waals surface area contributed by atoms with E-state index in [0.717, 1.165) is 114 Å². The van der Waals surface area contributed by atoms with Gasteiger partial charge in [0, 0.05) is 74.2 Å². The number of aromatic nitrogens is 17. The molecular weight excluding hydrogens is 1510 g/mol. The lowest BCUT2D eigenvalue weighted by atomic mass is 9.92. The van der Waals surface area contributed by atoms with Gasteiger partial charge >= 0.3 is 0 Å². The molecule has 10 rings (SSSR count). The smallest absolute Gasteiger partial charge is 0.131 e. The maximum Gasteiger partial charge on any atom is 0.131 e. The number of rotatable bonds is 10. The van der Waals surface area contributed by atoms with Gasteiger partial charge in [-0.15, -0.1) is 0 Å². The van der Waals surface area contributed by atoms with Crippen molar-refractivity contribution < 1.29 is 0 Å². The Morgan fingerprint density at radius 1 is 0.122 bits per heavy atom. The zero-order valence-corrected chi connectivity index (χ0v) is 87.9. The van der Waals surface area contributed by atoms with Gasteiger partial charge in [-0.05, 0) is 371 Å². The van der Waals surface area contributed by atoms with E-state index < -0.39 is 0 Å². The van der Waals surface area contributed by atoms with Crippen molar-refractivity contribution in [1.82, 2.24) is 85.2 Å². The first kappa shape index (κ1) is 112. The molecule has 123 heavy (non-hydrogen) atoms. The fraction of sp³-hybridized carbons (Fsp3) is 0.594. The molecule has 0 unspecified atom stereocenters. The van der Waals surface area contributed by atoms with E-state index >= 15 is 0 Å². The van der Waals surface area contributed by atoms with Crippen LogP contribution in [0, 0.1) is 228 Å². The summed E-state index contributed by atoms with van der Waals surface area (Å²) in [4.78, 5) is 57.8. The number of hydrogen-bond acceptors (Lipinski definition) is 17. The molecule has 0 aliphatic rings. The zero-order valence-electron chi connectivity index (χ0n) is 87.9. The summed E-state index contributed by atoms with van der Waals surface area (Å²) in [7, 11) is 0. The number of hydrogen-bond donors (Lipinski definition) is 0. The van der Waals surface area contributed by atoms with Crippen LogP contribution in [0.1, 0.15) is 441 Å². The van der Waals surface area contributed by atoms with Crippen molar-refractivity contribution in [3.05, 3.63) is 243 Å². The van der Waals surface area contributed by atoms with Gasteiger partial charge in [-0.3, -0.25) is 34.9 Å². The van der Waals surface area contributed by atoms with Crippen LogP contribution >= 0.6 is 0 Å². The lowest BCUT2D eigenvalue weighted by molar-refractivity contribution is 0.753. The molecule has 0 aromatic carbocycles. The van der Waals surface area contributed by atoms with Gasteiger partial charge in [0.05, 0.1) is 68.3 Å². The Kier molecular flexibility index (Phi) is 46.3. The summed E-state index contributed by atoms with van der Waals surface area (Å²) in [5, 5.41) is 16.5. The summed E-state index contributed by atoms with van der Waals surface area (Å²) in [6.45, 7) is 112. The molecule has 17 heteroatoms. The Morgan fingerprint density at radius 3 is 0.756 bits per heavy atom. The summed E-state index contributed by atoms with van der Waals surface area (Å²) in [5.41, 5.74) is 48.1. The summed E-state index contributed by atoms with van der Waals surface area (Å²) in [6, 6.07) is 0. The van der Waals surface area contributed by atoms with E-state index in [-0.39, 0.29) is 0 Å². The number of pyridine rings is 3. The normalized spacial score (nSPS) is 10.9. The average molecular weight is 1680 g/mol. The van der Waals surface area contributed by atoms with Gasteiger partial charge in [0.25, 0.3) is 0 Å². The molecule has 0 N–H and O–H groups in total. The molecule has 0 fully saturated rings. The molecule has 0 radical (unpaired) electrons. The van der Waals surface area contributed by atoms with Crippen LogP contribution in [0.3, 0.4) is 0 Å². The van der Waals surface area contributed by atoms with E-state index in [1.165, 1.54) is 129 Å². The van der Waals surface area contributed by atoms with Gasteiger partial charge in [-0.2, -0.15) is 20.4 Å². The highest BCUT2D eigenvalue weighted by atomic mass is 15.1. The molecule has 0 spiro atoms. The third kappa shape index (κ3) is 33.1. The van der Waals surface area contributed by atoms with E-state index in [2.05, 4.69) is 355 Å². The maximum atomic E-state index is 4.63. The van der Waals surface area contributed by atoms with Crippen molar-refractivity contribution in [1.29, 1.82) is 0 Å². The van der Waals surface area contributed by atoms with Crippen LogP contribution in [-0.2, 0) is 0 Å². The van der Waals surface area contributed by atoms with E-state index in [4.69, 9.17) is 0 Å². The molecule has 0 aliphatic heterocycles. The Labute approximate surface area is 750 Å². The van der Waals surface area contributed by atoms with E-state index in [0.29, 0.717) is 59.2 Å². The Morgan fingerprint density at radius 2 is 0.374 bits per heavy atom. The Bertz CT molecular complexity index is 4960.